The number of nitrogens with one attached hydrogen (secondary N) is 1. The lowest BCUT2D eigenvalue weighted by atomic mass is 9.87. The number of hydrogen-bond acceptors (Lipinski definition) is 3. The second-order valence-corrected chi connectivity index (χ2v) is 4.90. The minimum absolute atomic E-state index is 0.637. The molecule has 92 valence electrons. The van der Waals surface area contributed by atoms with Crippen molar-refractivity contribution in [1.29, 1.82) is 0 Å². The molecule has 1 saturated heterocycles. The van der Waals surface area contributed by atoms with Crippen molar-refractivity contribution in [2.24, 2.45) is 0 Å². The van der Waals surface area contributed by atoms with Gasteiger partial charge in [0.25, 0.3) is 0 Å². The lowest BCUT2D eigenvalue weighted by Gasteiger charge is -2.38. The molecule has 2 aromatic rings. The summed E-state index contributed by atoms with van der Waals surface area (Å²) in [4.78, 5) is 4.29. The zero-order valence-corrected chi connectivity index (χ0v) is 10.4. The van der Waals surface area contributed by atoms with Crippen molar-refractivity contribution >= 4 is 0 Å². The molecule has 0 aliphatic carbocycles. The van der Waals surface area contributed by atoms with Crippen molar-refractivity contribution < 1.29 is 5.11 Å². The van der Waals surface area contributed by atoms with Gasteiger partial charge in [0, 0.05) is 30.5 Å². The number of hydrogen-bond donors (Lipinski definition) is 2. The molecule has 0 atom stereocenters. The summed E-state index contributed by atoms with van der Waals surface area (Å²) in [6.45, 7) is 3.25. The molecular weight excluding hydrogens is 224 g/mol. The molecule has 3 nitrogen and oxygen atoms in total. The van der Waals surface area contributed by atoms with Gasteiger partial charge in [-0.15, -0.1) is 0 Å². The van der Waals surface area contributed by atoms with Crippen molar-refractivity contribution in [1.82, 2.24) is 10.3 Å². The highest BCUT2D eigenvalue weighted by molar-refractivity contribution is 5.63. The van der Waals surface area contributed by atoms with Gasteiger partial charge in [0.1, 0.15) is 5.60 Å². The van der Waals surface area contributed by atoms with Crippen molar-refractivity contribution in [3.63, 3.8) is 0 Å². The molecule has 3 rings (SSSR count). The Balaban J connectivity index is 1.89. The molecule has 0 spiro atoms. The molecule has 1 aliphatic rings. The van der Waals surface area contributed by atoms with Crippen molar-refractivity contribution in [3.05, 3.63) is 53.9 Å². The Hall–Kier alpha value is -1.71. The molecule has 2 heterocycles. The summed E-state index contributed by atoms with van der Waals surface area (Å²) in [5, 5.41) is 13.3. The van der Waals surface area contributed by atoms with Gasteiger partial charge in [0.2, 0.25) is 0 Å². The van der Waals surface area contributed by atoms with Gasteiger partial charge >= 0.3 is 0 Å². The molecule has 1 aliphatic heterocycles. The number of nitrogens with zero attached hydrogens (tertiary/aromatic N) is 1. The van der Waals surface area contributed by atoms with Gasteiger partial charge in [-0.1, -0.05) is 30.3 Å². The number of pyridine rings is 1. The molecule has 18 heavy (non-hydrogen) atoms. The SMILES string of the molecule is Cc1ccc(-c2ccc(C3(O)CNC3)cc2)cn1. The summed E-state index contributed by atoms with van der Waals surface area (Å²) in [5.74, 6) is 0. The van der Waals surface area contributed by atoms with E-state index < -0.39 is 5.60 Å². The number of benzene rings is 1. The molecular formula is C15H16N2O. The normalized spacial score (nSPS) is 17.2. The van der Waals surface area contributed by atoms with E-state index in [0.717, 1.165) is 22.4 Å². The molecule has 1 aromatic heterocycles. The third-order valence-electron chi connectivity index (χ3n) is 3.50. The van der Waals surface area contributed by atoms with Crippen LogP contribution in [0, 0.1) is 6.92 Å². The van der Waals surface area contributed by atoms with Crippen LogP contribution in [0.25, 0.3) is 11.1 Å². The van der Waals surface area contributed by atoms with Crippen LogP contribution in [-0.2, 0) is 5.60 Å². The van der Waals surface area contributed by atoms with E-state index in [0.29, 0.717) is 13.1 Å². The molecule has 0 radical (unpaired) electrons. The largest absolute Gasteiger partial charge is 0.382 e. The van der Waals surface area contributed by atoms with Gasteiger partial charge in [0.15, 0.2) is 0 Å². The summed E-state index contributed by atoms with van der Waals surface area (Å²) in [7, 11) is 0. The molecule has 2 N–H and O–H groups in total. The first-order chi connectivity index (χ1) is 8.67. The third kappa shape index (κ3) is 1.92. The quantitative estimate of drug-likeness (QED) is 0.842. The third-order valence-corrected chi connectivity index (χ3v) is 3.50. The van der Waals surface area contributed by atoms with E-state index in [1.54, 1.807) is 0 Å². The van der Waals surface area contributed by atoms with Crippen LogP contribution in [-0.4, -0.2) is 23.2 Å². The van der Waals surface area contributed by atoms with Crippen molar-refractivity contribution in [2.75, 3.05) is 13.1 Å². The Morgan fingerprint density at radius 3 is 2.22 bits per heavy atom. The lowest BCUT2D eigenvalue weighted by molar-refractivity contribution is -0.0146. The van der Waals surface area contributed by atoms with E-state index in [2.05, 4.69) is 16.4 Å². The van der Waals surface area contributed by atoms with Gasteiger partial charge in [-0.3, -0.25) is 4.98 Å². The maximum absolute atomic E-state index is 10.2. The fourth-order valence-corrected chi connectivity index (χ4v) is 2.18. The maximum atomic E-state index is 10.2. The first kappa shape index (κ1) is 11.4. The number of rotatable bonds is 2. The topological polar surface area (TPSA) is 45.1 Å². The highest BCUT2D eigenvalue weighted by atomic mass is 16.3. The van der Waals surface area contributed by atoms with Gasteiger partial charge in [-0.25, -0.2) is 0 Å². The minimum atomic E-state index is -0.677. The fraction of sp³-hybridized carbons (Fsp3) is 0.267. The highest BCUT2D eigenvalue weighted by Crippen LogP contribution is 2.27. The van der Waals surface area contributed by atoms with E-state index in [1.807, 2.05) is 43.5 Å². The molecule has 1 aromatic carbocycles. The Labute approximate surface area is 107 Å². The molecule has 3 heteroatoms. The van der Waals surface area contributed by atoms with Crippen LogP contribution < -0.4 is 5.32 Å². The standard InChI is InChI=1S/C15H16N2O/c1-11-2-3-13(8-17-11)12-4-6-14(7-5-12)15(18)9-16-10-15/h2-8,16,18H,9-10H2,1H3. The van der Waals surface area contributed by atoms with Crippen LogP contribution in [0.5, 0.6) is 0 Å². The minimum Gasteiger partial charge on any atom is -0.382 e. The van der Waals surface area contributed by atoms with E-state index >= 15 is 0 Å². The second kappa shape index (κ2) is 4.19. The smallest absolute Gasteiger partial charge is 0.114 e. The molecule has 0 bridgehead atoms. The first-order valence-corrected chi connectivity index (χ1v) is 6.14. The summed E-state index contributed by atoms with van der Waals surface area (Å²) in [6.07, 6.45) is 1.88. The predicted molar refractivity (Wildman–Crippen MR) is 71.2 cm³/mol. The van der Waals surface area contributed by atoms with Crippen LogP contribution in [0.15, 0.2) is 42.6 Å². The number of aliphatic hydroxyl groups is 1. The Morgan fingerprint density at radius 2 is 1.72 bits per heavy atom. The lowest BCUT2D eigenvalue weighted by Crippen LogP contribution is -2.56. The van der Waals surface area contributed by atoms with Crippen LogP contribution in [0.2, 0.25) is 0 Å². The maximum Gasteiger partial charge on any atom is 0.114 e. The van der Waals surface area contributed by atoms with Gasteiger partial charge in [-0.2, -0.15) is 0 Å². The monoisotopic (exact) mass is 240 g/mol. The summed E-state index contributed by atoms with van der Waals surface area (Å²) >= 11 is 0. The van der Waals surface area contributed by atoms with Crippen molar-refractivity contribution in [2.45, 2.75) is 12.5 Å². The van der Waals surface area contributed by atoms with Crippen LogP contribution in [0.4, 0.5) is 0 Å². The van der Waals surface area contributed by atoms with Gasteiger partial charge in [-0.05, 0) is 24.1 Å². The molecule has 1 fully saturated rings. The number of β-amino-alcohol motifs (C(OH)–C–C–N with tert-alkyl or cyclic N) is 1. The number of aromatic nitrogens is 1. The second-order valence-electron chi connectivity index (χ2n) is 4.90. The Kier molecular flexibility index (Phi) is 2.65. The average molecular weight is 240 g/mol. The summed E-state index contributed by atoms with van der Waals surface area (Å²) in [6, 6.07) is 12.1. The molecule has 0 unspecified atom stereocenters. The number of aryl methyl sites for hydroxylation is 1. The fourth-order valence-electron chi connectivity index (χ4n) is 2.18. The predicted octanol–water partition coefficient (Wildman–Crippen LogP) is 1.85. The van der Waals surface area contributed by atoms with E-state index in [9.17, 15) is 5.11 Å². The highest BCUT2D eigenvalue weighted by Gasteiger charge is 2.35. The van der Waals surface area contributed by atoms with Crippen LogP contribution >= 0.6 is 0 Å². The van der Waals surface area contributed by atoms with Gasteiger partial charge in [0.05, 0.1) is 0 Å². The Morgan fingerprint density at radius 1 is 1.06 bits per heavy atom. The van der Waals surface area contributed by atoms with Crippen molar-refractivity contribution in [3.8, 4) is 11.1 Å². The molecule has 0 saturated carbocycles. The zero-order chi connectivity index (χ0) is 12.6. The Bertz CT molecular complexity index is 542. The van der Waals surface area contributed by atoms with E-state index in [-0.39, 0.29) is 0 Å². The summed E-state index contributed by atoms with van der Waals surface area (Å²) < 4.78 is 0. The van der Waals surface area contributed by atoms with Crippen LogP contribution in [0.3, 0.4) is 0 Å². The zero-order valence-electron chi connectivity index (χ0n) is 10.4. The first-order valence-electron chi connectivity index (χ1n) is 6.14. The molecule has 0 amide bonds. The van der Waals surface area contributed by atoms with Crippen LogP contribution in [0.1, 0.15) is 11.3 Å². The van der Waals surface area contributed by atoms with Gasteiger partial charge < -0.3 is 10.4 Å². The van der Waals surface area contributed by atoms with E-state index in [1.165, 1.54) is 0 Å². The summed E-state index contributed by atoms with van der Waals surface area (Å²) in [5.41, 5.74) is 3.55. The average Bonchev–Trinajstić information content (AvgIpc) is 2.37. The van der Waals surface area contributed by atoms with E-state index in [4.69, 9.17) is 0 Å².